The molecule has 0 saturated carbocycles. The summed E-state index contributed by atoms with van der Waals surface area (Å²) in [6, 6.07) is 10.8. The van der Waals surface area contributed by atoms with Crippen molar-refractivity contribution in [2.75, 3.05) is 13.7 Å². The monoisotopic (exact) mass is 550 g/mol. The largest absolute Gasteiger partial charge is 0.497 e. The van der Waals surface area contributed by atoms with Gasteiger partial charge in [-0.3, -0.25) is 19.0 Å². The molecule has 0 radical (unpaired) electrons. The van der Waals surface area contributed by atoms with E-state index >= 15 is 0 Å². The highest BCUT2D eigenvalue weighted by molar-refractivity contribution is 7.07. The smallest absolute Gasteiger partial charge is 0.338 e. The van der Waals surface area contributed by atoms with E-state index in [4.69, 9.17) is 18.9 Å². The molecule has 0 aliphatic carbocycles. The van der Waals surface area contributed by atoms with Crippen LogP contribution in [-0.2, 0) is 19.1 Å². The van der Waals surface area contributed by atoms with Crippen molar-refractivity contribution >= 4 is 35.3 Å². The number of allylic oxidation sites excluding steroid dienone is 1. The second-order valence-corrected chi connectivity index (χ2v) is 9.47. The van der Waals surface area contributed by atoms with Crippen molar-refractivity contribution < 1.29 is 33.3 Å². The molecule has 0 amide bonds. The van der Waals surface area contributed by atoms with Crippen LogP contribution in [0.1, 0.15) is 44.9 Å². The van der Waals surface area contributed by atoms with Crippen LogP contribution in [0, 0.1) is 0 Å². The van der Waals surface area contributed by atoms with Crippen LogP contribution in [0.3, 0.4) is 0 Å². The second kappa shape index (κ2) is 11.5. The third-order valence-electron chi connectivity index (χ3n) is 5.74. The zero-order chi connectivity index (χ0) is 28.3. The number of aromatic nitrogens is 1. The number of hydrogen-bond donors (Lipinski definition) is 0. The maximum Gasteiger partial charge on any atom is 0.338 e. The lowest BCUT2D eigenvalue weighted by Gasteiger charge is -2.24. The molecule has 202 valence electrons. The highest BCUT2D eigenvalue weighted by Crippen LogP contribution is 2.32. The summed E-state index contributed by atoms with van der Waals surface area (Å²) in [7, 11) is 1.55. The molecule has 11 heteroatoms. The number of carbonyl (C=O) groups excluding carboxylic acids is 3. The number of ether oxygens (including phenoxy) is 4. The maximum absolute atomic E-state index is 13.8. The quantitative estimate of drug-likeness (QED) is 0.325. The van der Waals surface area contributed by atoms with Gasteiger partial charge < -0.3 is 18.9 Å². The van der Waals surface area contributed by atoms with Crippen LogP contribution in [0.15, 0.2) is 63.5 Å². The molecule has 4 rings (SSSR count). The molecule has 3 aromatic rings. The summed E-state index contributed by atoms with van der Waals surface area (Å²) in [6.45, 7) is 6.07. The first-order valence-corrected chi connectivity index (χ1v) is 12.8. The number of fused-ring (bicyclic) bond motifs is 1. The van der Waals surface area contributed by atoms with Gasteiger partial charge in [-0.2, -0.15) is 0 Å². The summed E-state index contributed by atoms with van der Waals surface area (Å²) in [5.74, 6) is -0.753. The molecule has 0 N–H and O–H groups in total. The van der Waals surface area contributed by atoms with E-state index in [1.54, 1.807) is 57.4 Å². The Kier molecular flexibility index (Phi) is 8.10. The zero-order valence-electron chi connectivity index (χ0n) is 22.0. The maximum atomic E-state index is 13.8. The molecule has 1 aliphatic heterocycles. The van der Waals surface area contributed by atoms with Crippen LogP contribution in [0.2, 0.25) is 0 Å². The fraction of sp³-hybridized carbons (Fsp3) is 0.250. The Morgan fingerprint density at radius 2 is 1.69 bits per heavy atom. The number of nitrogens with zero attached hydrogens (tertiary/aromatic N) is 2. The van der Waals surface area contributed by atoms with Crippen LogP contribution < -0.4 is 29.1 Å². The van der Waals surface area contributed by atoms with Crippen molar-refractivity contribution in [2.45, 2.75) is 33.7 Å². The predicted molar refractivity (Wildman–Crippen MR) is 142 cm³/mol. The molecular weight excluding hydrogens is 524 g/mol. The first-order valence-electron chi connectivity index (χ1n) is 12.0. The number of rotatable bonds is 7. The molecule has 1 aromatic heterocycles. The Bertz CT molecular complexity index is 1660. The van der Waals surface area contributed by atoms with Gasteiger partial charge in [0.15, 0.2) is 4.80 Å². The average Bonchev–Trinajstić information content (AvgIpc) is 3.18. The SMILES string of the molecule is CCOC(=O)C1=C(C)N=c2s/c(=C\c3ccc(OC(C)=O)cc3OC(C)=O)c(=O)n2[C@H]1c1ccc(OC)cc1. The van der Waals surface area contributed by atoms with Gasteiger partial charge in [0.25, 0.3) is 5.56 Å². The summed E-state index contributed by atoms with van der Waals surface area (Å²) in [4.78, 5) is 54.9. The first kappa shape index (κ1) is 27.5. The molecule has 0 spiro atoms. The van der Waals surface area contributed by atoms with Crippen molar-refractivity contribution in [3.8, 4) is 17.2 Å². The van der Waals surface area contributed by atoms with Gasteiger partial charge in [0.1, 0.15) is 17.2 Å². The first-order chi connectivity index (χ1) is 18.6. The number of methoxy groups -OCH3 is 1. The predicted octanol–water partition coefficient (Wildman–Crippen LogP) is 2.66. The van der Waals surface area contributed by atoms with E-state index in [0.717, 1.165) is 11.3 Å². The Morgan fingerprint density at radius 3 is 2.31 bits per heavy atom. The van der Waals surface area contributed by atoms with Crippen LogP contribution in [0.5, 0.6) is 17.2 Å². The van der Waals surface area contributed by atoms with Gasteiger partial charge >= 0.3 is 17.9 Å². The van der Waals surface area contributed by atoms with Crippen molar-refractivity contribution in [3.05, 3.63) is 84.5 Å². The van der Waals surface area contributed by atoms with Gasteiger partial charge in [-0.05, 0) is 49.8 Å². The van der Waals surface area contributed by atoms with E-state index in [0.29, 0.717) is 31.9 Å². The van der Waals surface area contributed by atoms with Gasteiger partial charge in [-0.25, -0.2) is 9.79 Å². The lowest BCUT2D eigenvalue weighted by molar-refractivity contribution is -0.139. The standard InChI is InChI=1S/C28H26N2O8S/c1-6-36-27(34)24-15(2)29-28-30(25(24)18-7-10-20(35-5)11-8-18)26(33)23(39-28)13-19-9-12-21(37-16(3)31)14-22(19)38-17(4)32/h7-14,25H,6H2,1-5H3/b23-13-/t25-/m0/s1. The number of carbonyl (C=O) groups is 3. The van der Waals surface area contributed by atoms with E-state index in [-0.39, 0.29) is 23.7 Å². The van der Waals surface area contributed by atoms with Gasteiger partial charge in [-0.1, -0.05) is 23.5 Å². The van der Waals surface area contributed by atoms with Crippen molar-refractivity contribution in [3.63, 3.8) is 0 Å². The summed E-state index contributed by atoms with van der Waals surface area (Å²) in [6.07, 6.45) is 1.56. The normalized spacial score (nSPS) is 14.8. The number of hydrogen-bond acceptors (Lipinski definition) is 10. The second-order valence-electron chi connectivity index (χ2n) is 8.46. The Balaban J connectivity index is 1.91. The summed E-state index contributed by atoms with van der Waals surface area (Å²) in [5, 5.41) is 0. The van der Waals surface area contributed by atoms with Crippen molar-refractivity contribution in [1.29, 1.82) is 0 Å². The fourth-order valence-electron chi connectivity index (χ4n) is 4.14. The summed E-state index contributed by atoms with van der Waals surface area (Å²) < 4.78 is 22.7. The van der Waals surface area contributed by atoms with E-state index in [2.05, 4.69) is 4.99 Å². The summed E-state index contributed by atoms with van der Waals surface area (Å²) in [5.41, 5.74) is 1.38. The molecule has 1 aliphatic rings. The van der Waals surface area contributed by atoms with Crippen LogP contribution in [0.25, 0.3) is 6.08 Å². The van der Waals surface area contributed by atoms with Crippen LogP contribution >= 0.6 is 11.3 Å². The third kappa shape index (κ3) is 5.83. The van der Waals surface area contributed by atoms with Crippen LogP contribution in [-0.4, -0.2) is 36.2 Å². The van der Waals surface area contributed by atoms with Crippen LogP contribution in [0.4, 0.5) is 0 Å². The summed E-state index contributed by atoms with van der Waals surface area (Å²) >= 11 is 1.13. The number of thiazole rings is 1. The van der Waals surface area contributed by atoms with Gasteiger partial charge in [0, 0.05) is 25.5 Å². The molecule has 10 nitrogen and oxygen atoms in total. The molecule has 0 saturated heterocycles. The van der Waals surface area contributed by atoms with E-state index < -0.39 is 29.5 Å². The molecule has 0 bridgehead atoms. The Morgan fingerprint density at radius 1 is 1.03 bits per heavy atom. The van der Waals surface area contributed by atoms with Gasteiger partial charge in [-0.15, -0.1) is 0 Å². The van der Waals surface area contributed by atoms with Gasteiger partial charge in [0.2, 0.25) is 0 Å². The minimum absolute atomic E-state index is 0.113. The minimum Gasteiger partial charge on any atom is -0.497 e. The molecule has 0 unspecified atom stereocenters. The minimum atomic E-state index is -0.785. The molecule has 1 atom stereocenters. The average molecular weight is 551 g/mol. The lowest BCUT2D eigenvalue weighted by atomic mass is 9.96. The molecule has 2 heterocycles. The van der Waals surface area contributed by atoms with E-state index in [1.165, 1.54) is 30.5 Å². The lowest BCUT2D eigenvalue weighted by Crippen LogP contribution is -2.39. The molecule has 2 aromatic carbocycles. The Hall–Kier alpha value is -4.51. The van der Waals surface area contributed by atoms with Gasteiger partial charge in [0.05, 0.1) is 35.6 Å². The topological polar surface area (TPSA) is 122 Å². The highest BCUT2D eigenvalue weighted by Gasteiger charge is 2.33. The third-order valence-corrected chi connectivity index (χ3v) is 6.72. The molecular formula is C28H26N2O8S. The van der Waals surface area contributed by atoms with E-state index in [9.17, 15) is 19.2 Å². The molecule has 0 fully saturated rings. The zero-order valence-corrected chi connectivity index (χ0v) is 22.8. The highest BCUT2D eigenvalue weighted by atomic mass is 32.1. The molecule has 39 heavy (non-hydrogen) atoms. The number of benzene rings is 2. The van der Waals surface area contributed by atoms with Crippen molar-refractivity contribution in [2.24, 2.45) is 4.99 Å². The Labute approximate surface area is 227 Å². The van der Waals surface area contributed by atoms with E-state index in [1.807, 2.05) is 0 Å². The number of esters is 3. The van der Waals surface area contributed by atoms with Crippen molar-refractivity contribution in [1.82, 2.24) is 4.57 Å². The fourth-order valence-corrected chi connectivity index (χ4v) is 5.18.